The van der Waals surface area contributed by atoms with Crippen LogP contribution in [0.3, 0.4) is 0 Å². The molecule has 1 atom stereocenters. The topological polar surface area (TPSA) is 61.4 Å². The van der Waals surface area contributed by atoms with Gasteiger partial charge in [-0.1, -0.05) is 182 Å². The molecule has 2 N–H and O–H groups in total. The van der Waals surface area contributed by atoms with E-state index in [-0.39, 0.29) is 18.9 Å². The van der Waals surface area contributed by atoms with Crippen LogP contribution in [0.4, 0.5) is 0 Å². The molecule has 0 aromatic heterocycles. The summed E-state index contributed by atoms with van der Waals surface area (Å²) in [6.07, 6.45) is 40.3. The van der Waals surface area contributed by atoms with E-state index in [2.05, 4.69) is 64.0 Å². The molecule has 51 heavy (non-hydrogen) atoms. The van der Waals surface area contributed by atoms with Crippen molar-refractivity contribution in [3.8, 4) is 0 Å². The Morgan fingerprint density at radius 3 is 1.35 bits per heavy atom. The highest BCUT2D eigenvalue weighted by molar-refractivity contribution is 5.82. The van der Waals surface area contributed by atoms with Gasteiger partial charge in [0.2, 0.25) is 5.91 Å². The van der Waals surface area contributed by atoms with Gasteiger partial charge in [-0.2, -0.15) is 0 Å². The van der Waals surface area contributed by atoms with Crippen LogP contribution in [0, 0.1) is 5.92 Å². The van der Waals surface area contributed by atoms with Crippen LogP contribution in [0.2, 0.25) is 0 Å². The standard InChI is InChI=1S/C36H73N3O.C10H20O.H2/c1-7-10-12-14-16-18-20-22-24-26-33(27-25-23-21-19-17-15-13-11-8-2)37-34(35(40)38-36(4,5)6)32-28-30-39(9-3)31-29-32;1-2-3-4-5-6-7-8-9-10-11;/h32-34,37H,7-31H2,1-6H3,(H,38,40);10H,2-9H2,1H3;1H. The third kappa shape index (κ3) is 32.2. The molecule has 0 spiro atoms. The molecule has 5 nitrogen and oxygen atoms in total. The fourth-order valence-corrected chi connectivity index (χ4v) is 7.63. The van der Waals surface area contributed by atoms with Crippen LogP contribution in [0.1, 0.15) is 243 Å². The number of unbranched alkanes of at least 4 members (excludes halogenated alkanes) is 23. The zero-order chi connectivity index (χ0) is 37.8. The van der Waals surface area contributed by atoms with Crippen LogP contribution in [-0.4, -0.2) is 54.4 Å². The van der Waals surface area contributed by atoms with Crippen molar-refractivity contribution in [2.75, 3.05) is 19.6 Å². The molecule has 0 aromatic rings. The summed E-state index contributed by atoms with van der Waals surface area (Å²) in [5.74, 6) is 0.672. The van der Waals surface area contributed by atoms with Crippen LogP contribution in [0.15, 0.2) is 0 Å². The van der Waals surface area contributed by atoms with Crippen molar-refractivity contribution in [1.29, 1.82) is 0 Å². The molecule has 0 saturated carbocycles. The van der Waals surface area contributed by atoms with Crippen molar-refractivity contribution in [3.63, 3.8) is 0 Å². The fourth-order valence-electron chi connectivity index (χ4n) is 7.63. The molecule has 1 unspecified atom stereocenters. The predicted octanol–water partition coefficient (Wildman–Crippen LogP) is 13.4. The number of nitrogens with zero attached hydrogens (tertiary/aromatic N) is 1. The van der Waals surface area contributed by atoms with Gasteiger partial charge < -0.3 is 20.3 Å². The molecule has 1 fully saturated rings. The largest absolute Gasteiger partial charge is 0.350 e. The van der Waals surface area contributed by atoms with Gasteiger partial charge in [0.1, 0.15) is 6.29 Å². The van der Waals surface area contributed by atoms with Gasteiger partial charge in [0, 0.05) is 19.4 Å². The maximum Gasteiger partial charge on any atom is 0.237 e. The van der Waals surface area contributed by atoms with Gasteiger partial charge in [0.05, 0.1) is 6.04 Å². The van der Waals surface area contributed by atoms with E-state index in [1.54, 1.807) is 0 Å². The Bertz CT molecular complexity index is 728. The zero-order valence-electron chi connectivity index (χ0n) is 35.9. The first-order valence-electron chi connectivity index (χ1n) is 23.0. The highest BCUT2D eigenvalue weighted by Gasteiger charge is 2.34. The number of hydrogen-bond acceptors (Lipinski definition) is 4. The van der Waals surface area contributed by atoms with Gasteiger partial charge in [0.25, 0.3) is 0 Å². The summed E-state index contributed by atoms with van der Waals surface area (Å²) in [4.78, 5) is 26.1. The number of aldehydes is 1. The van der Waals surface area contributed by atoms with Gasteiger partial charge in [-0.25, -0.2) is 0 Å². The van der Waals surface area contributed by atoms with Gasteiger partial charge >= 0.3 is 0 Å². The van der Waals surface area contributed by atoms with Crippen LogP contribution in [0.25, 0.3) is 0 Å². The molecule has 1 heterocycles. The lowest BCUT2D eigenvalue weighted by atomic mass is 9.87. The molecule has 0 aliphatic carbocycles. The summed E-state index contributed by atoms with van der Waals surface area (Å²) < 4.78 is 0. The van der Waals surface area contributed by atoms with Crippen LogP contribution < -0.4 is 10.6 Å². The van der Waals surface area contributed by atoms with E-state index in [1.807, 2.05) is 0 Å². The average Bonchev–Trinajstić information content (AvgIpc) is 3.11. The van der Waals surface area contributed by atoms with Crippen LogP contribution >= 0.6 is 0 Å². The smallest absolute Gasteiger partial charge is 0.237 e. The fraction of sp³-hybridized carbons (Fsp3) is 0.957. The first kappa shape index (κ1) is 50.1. The molecule has 1 amide bonds. The van der Waals surface area contributed by atoms with Crippen molar-refractivity contribution in [3.05, 3.63) is 0 Å². The molecule has 1 rings (SSSR count). The lowest BCUT2D eigenvalue weighted by molar-refractivity contribution is -0.126. The maximum atomic E-state index is 13.6. The summed E-state index contributed by atoms with van der Waals surface area (Å²) in [7, 11) is 0. The van der Waals surface area contributed by atoms with Crippen molar-refractivity contribution in [2.24, 2.45) is 5.92 Å². The third-order valence-corrected chi connectivity index (χ3v) is 11.0. The summed E-state index contributed by atoms with van der Waals surface area (Å²) >= 11 is 0. The number of carbonyl (C=O) groups excluding carboxylic acids is 2. The third-order valence-electron chi connectivity index (χ3n) is 11.0. The van der Waals surface area contributed by atoms with E-state index in [1.165, 1.54) is 167 Å². The van der Waals surface area contributed by atoms with Gasteiger partial charge in [-0.05, 0) is 78.4 Å². The molecule has 0 aromatic carbocycles. The molecule has 1 aliphatic rings. The Hall–Kier alpha value is -0.940. The minimum absolute atomic E-state index is 0. The Labute approximate surface area is 322 Å². The van der Waals surface area contributed by atoms with E-state index in [9.17, 15) is 9.59 Å². The number of amides is 1. The Kier molecular flexibility index (Phi) is 35.4. The molecule has 0 bridgehead atoms. The number of carbonyl (C=O) groups is 2. The summed E-state index contributed by atoms with van der Waals surface area (Å²) in [5.41, 5.74) is -0.190. The van der Waals surface area contributed by atoms with E-state index < -0.39 is 0 Å². The number of likely N-dealkylation sites (tertiary alicyclic amines) is 1. The Morgan fingerprint density at radius 2 is 1.00 bits per heavy atom. The molecule has 5 heteroatoms. The molecule has 1 aliphatic heterocycles. The van der Waals surface area contributed by atoms with Gasteiger partial charge in [-0.3, -0.25) is 4.79 Å². The Morgan fingerprint density at radius 1 is 0.627 bits per heavy atom. The summed E-state index contributed by atoms with van der Waals surface area (Å²) in [5, 5.41) is 7.34. The SMILES string of the molecule is CCCCCCCCCC=O.CCCCCCCCCCCC(CCCCCCCCCCC)NC(C(=O)NC(C)(C)C)C1CCN(CC)CC1.[HH]. The van der Waals surface area contributed by atoms with Crippen molar-refractivity contribution in [2.45, 2.75) is 259 Å². The van der Waals surface area contributed by atoms with Crippen LogP contribution in [-0.2, 0) is 9.59 Å². The second kappa shape index (κ2) is 36.1. The monoisotopic (exact) mass is 722 g/mol. The molecular formula is C46H95N3O2. The molecule has 0 radical (unpaired) electrons. The summed E-state index contributed by atoms with van der Waals surface area (Å²) in [6, 6.07) is 0.411. The van der Waals surface area contributed by atoms with Gasteiger partial charge in [-0.15, -0.1) is 0 Å². The quantitative estimate of drug-likeness (QED) is 0.0523. The lowest BCUT2D eigenvalue weighted by Gasteiger charge is -2.38. The van der Waals surface area contributed by atoms with E-state index in [0.29, 0.717) is 12.0 Å². The van der Waals surface area contributed by atoms with Crippen LogP contribution in [0.5, 0.6) is 0 Å². The minimum Gasteiger partial charge on any atom is -0.350 e. The second-order valence-corrected chi connectivity index (χ2v) is 17.2. The van der Waals surface area contributed by atoms with E-state index in [4.69, 9.17) is 0 Å². The molecule has 1 saturated heterocycles. The first-order chi connectivity index (χ1) is 24.7. The molecule has 306 valence electrons. The second-order valence-electron chi connectivity index (χ2n) is 17.2. The number of hydrogen-bond donors (Lipinski definition) is 2. The Balaban J connectivity index is 0. The maximum absolute atomic E-state index is 13.6. The van der Waals surface area contributed by atoms with Crippen molar-refractivity contribution in [1.82, 2.24) is 15.5 Å². The van der Waals surface area contributed by atoms with E-state index >= 15 is 0 Å². The minimum atomic E-state index is -0.190. The highest BCUT2D eigenvalue weighted by Crippen LogP contribution is 2.24. The molecular weight excluding hydrogens is 627 g/mol. The highest BCUT2D eigenvalue weighted by atomic mass is 16.2. The normalized spacial score (nSPS) is 14.7. The lowest BCUT2D eigenvalue weighted by Crippen LogP contribution is -2.57. The summed E-state index contributed by atoms with van der Waals surface area (Å²) in [6.45, 7) is 18.8. The number of piperidine rings is 1. The van der Waals surface area contributed by atoms with Crippen molar-refractivity contribution >= 4 is 12.2 Å². The van der Waals surface area contributed by atoms with E-state index in [0.717, 1.165) is 51.6 Å². The number of nitrogens with one attached hydrogen (secondary N) is 2. The van der Waals surface area contributed by atoms with Gasteiger partial charge in [0.15, 0.2) is 0 Å². The average molecular weight is 722 g/mol. The predicted molar refractivity (Wildman–Crippen MR) is 228 cm³/mol. The first-order valence-corrected chi connectivity index (χ1v) is 23.0. The zero-order valence-corrected chi connectivity index (χ0v) is 35.9. The van der Waals surface area contributed by atoms with Crippen molar-refractivity contribution < 1.29 is 11.0 Å². The number of rotatable bonds is 33.